The van der Waals surface area contributed by atoms with Crippen LogP contribution in [0.15, 0.2) is 39.7 Å². The molecule has 2 N–H and O–H groups in total. The molecule has 0 radical (unpaired) electrons. The summed E-state index contributed by atoms with van der Waals surface area (Å²) in [4.78, 5) is 35.0. The van der Waals surface area contributed by atoms with Crippen molar-refractivity contribution in [2.75, 3.05) is 6.79 Å². The van der Waals surface area contributed by atoms with Crippen molar-refractivity contribution in [2.45, 2.75) is 19.4 Å². The van der Waals surface area contributed by atoms with E-state index < -0.39 is 5.91 Å². The van der Waals surface area contributed by atoms with Crippen molar-refractivity contribution in [3.8, 4) is 11.5 Å². The van der Waals surface area contributed by atoms with Gasteiger partial charge in [-0.15, -0.1) is 0 Å². The van der Waals surface area contributed by atoms with Crippen molar-refractivity contribution in [1.82, 2.24) is 10.6 Å². The first kappa shape index (κ1) is 16.6. The van der Waals surface area contributed by atoms with Crippen LogP contribution in [0.25, 0.3) is 11.0 Å². The number of benzene rings is 1. The lowest BCUT2D eigenvalue weighted by Crippen LogP contribution is -2.30. The van der Waals surface area contributed by atoms with Crippen LogP contribution in [0.1, 0.15) is 23.9 Å². The van der Waals surface area contributed by atoms with Gasteiger partial charge in [0.1, 0.15) is 0 Å². The molecule has 130 valence electrons. The molecule has 1 aromatic carbocycles. The molecule has 2 aromatic rings. The van der Waals surface area contributed by atoms with Crippen LogP contribution in [0.2, 0.25) is 0 Å². The van der Waals surface area contributed by atoms with Crippen molar-refractivity contribution in [3.63, 3.8) is 0 Å². The average molecular weight is 344 g/mol. The summed E-state index contributed by atoms with van der Waals surface area (Å²) in [6.07, 6.45) is 0.916. The van der Waals surface area contributed by atoms with Crippen LogP contribution in [0.4, 0.5) is 0 Å². The third-order valence-electron chi connectivity index (χ3n) is 3.65. The van der Waals surface area contributed by atoms with Crippen LogP contribution >= 0.6 is 0 Å². The second-order valence-electron chi connectivity index (χ2n) is 5.60. The van der Waals surface area contributed by atoms with Crippen molar-refractivity contribution in [1.29, 1.82) is 0 Å². The van der Waals surface area contributed by atoms with Gasteiger partial charge in [-0.25, -0.2) is 0 Å². The van der Waals surface area contributed by atoms with Gasteiger partial charge in [-0.2, -0.15) is 0 Å². The Morgan fingerprint density at radius 2 is 2.20 bits per heavy atom. The van der Waals surface area contributed by atoms with Crippen molar-refractivity contribution in [3.05, 3.63) is 46.5 Å². The van der Waals surface area contributed by atoms with Crippen LogP contribution in [-0.4, -0.2) is 25.2 Å². The highest BCUT2D eigenvalue weighted by molar-refractivity contribution is 5.95. The summed E-state index contributed by atoms with van der Waals surface area (Å²) in [7, 11) is 0. The summed E-state index contributed by atoms with van der Waals surface area (Å²) in [5.74, 6) is -0.0318. The van der Waals surface area contributed by atoms with Crippen LogP contribution in [0.5, 0.6) is 11.5 Å². The number of rotatable bonds is 6. The maximum Gasteiger partial charge on any atom is 0.291 e. The van der Waals surface area contributed by atoms with Crippen LogP contribution < -0.4 is 25.5 Å². The predicted octanol–water partition coefficient (Wildman–Crippen LogP) is 1.29. The lowest BCUT2D eigenvalue weighted by atomic mass is 10.2. The van der Waals surface area contributed by atoms with Crippen molar-refractivity contribution < 1.29 is 23.5 Å². The monoisotopic (exact) mass is 344 g/mol. The van der Waals surface area contributed by atoms with Crippen LogP contribution in [0, 0.1) is 0 Å². The van der Waals surface area contributed by atoms with E-state index in [1.807, 2.05) is 0 Å². The van der Waals surface area contributed by atoms with E-state index in [1.54, 1.807) is 19.1 Å². The van der Waals surface area contributed by atoms with E-state index in [4.69, 9.17) is 13.9 Å². The Balaban J connectivity index is 1.86. The third-order valence-corrected chi connectivity index (χ3v) is 3.65. The number of amides is 2. The molecule has 0 fully saturated rings. The molecule has 0 saturated heterocycles. The molecule has 1 aliphatic heterocycles. The number of hydrogen-bond acceptors (Lipinski definition) is 6. The fraction of sp³-hybridized carbons (Fsp3) is 0.235. The lowest BCUT2D eigenvalue weighted by molar-refractivity contribution is -0.110. The van der Waals surface area contributed by atoms with Gasteiger partial charge in [-0.05, 0) is 19.1 Å². The van der Waals surface area contributed by atoms with E-state index in [-0.39, 0.29) is 29.6 Å². The molecule has 0 aliphatic carbocycles. The zero-order valence-corrected chi connectivity index (χ0v) is 13.5. The summed E-state index contributed by atoms with van der Waals surface area (Å²) in [6.45, 7) is 5.52. The Bertz CT molecular complexity index is 917. The summed E-state index contributed by atoms with van der Waals surface area (Å²) in [6, 6.07) is 4.09. The molecule has 2 heterocycles. The van der Waals surface area contributed by atoms with Gasteiger partial charge < -0.3 is 24.5 Å². The molecular weight excluding hydrogens is 328 g/mol. The van der Waals surface area contributed by atoms with Gasteiger partial charge in [0.2, 0.25) is 19.0 Å². The highest BCUT2D eigenvalue weighted by Crippen LogP contribution is 2.38. The molecule has 25 heavy (non-hydrogen) atoms. The first-order valence-electron chi connectivity index (χ1n) is 7.55. The minimum Gasteiger partial charge on any atom is -0.453 e. The smallest absolute Gasteiger partial charge is 0.291 e. The molecule has 1 aromatic heterocycles. The first-order chi connectivity index (χ1) is 12.0. The van der Waals surface area contributed by atoms with E-state index in [2.05, 4.69) is 17.2 Å². The highest BCUT2D eigenvalue weighted by atomic mass is 16.7. The Morgan fingerprint density at radius 3 is 2.96 bits per heavy atom. The summed E-state index contributed by atoms with van der Waals surface area (Å²) >= 11 is 0. The van der Waals surface area contributed by atoms with E-state index >= 15 is 0 Å². The molecule has 0 bridgehead atoms. The number of carbonyl (C=O) groups is 2. The predicted molar refractivity (Wildman–Crippen MR) is 88.5 cm³/mol. The van der Waals surface area contributed by atoms with E-state index in [0.29, 0.717) is 35.4 Å². The minimum absolute atomic E-state index is 0.0208. The Kier molecular flexibility index (Phi) is 4.42. The standard InChI is InChI=1S/C17H16N2O6/c1-9(18-7-20)5-10(2)19-17(22)14-6-12(21)11-3-4-13-16(15(11)25-14)24-8-23-13/h3-4,6-7,9H,2,5,8H2,1H3,(H,18,20)(H,19,22). The quantitative estimate of drug-likeness (QED) is 0.765. The first-order valence-corrected chi connectivity index (χ1v) is 7.55. The average Bonchev–Trinajstić information content (AvgIpc) is 3.03. The largest absolute Gasteiger partial charge is 0.453 e. The number of fused-ring (bicyclic) bond motifs is 3. The van der Waals surface area contributed by atoms with Gasteiger partial charge in [-0.3, -0.25) is 14.4 Å². The number of ether oxygens (including phenoxy) is 2. The molecule has 8 heteroatoms. The summed E-state index contributed by atoms with van der Waals surface area (Å²) in [5, 5.41) is 5.40. The summed E-state index contributed by atoms with van der Waals surface area (Å²) < 4.78 is 16.1. The Hall–Kier alpha value is -3.29. The van der Waals surface area contributed by atoms with Gasteiger partial charge >= 0.3 is 0 Å². The zero-order valence-electron chi connectivity index (χ0n) is 13.5. The SMILES string of the molecule is C=C(CC(C)NC=O)NC(=O)c1cc(=O)c2ccc3c(c2o1)OCO3. The summed E-state index contributed by atoms with van der Waals surface area (Å²) in [5.41, 5.74) is 0.174. The maximum absolute atomic E-state index is 12.3. The van der Waals surface area contributed by atoms with E-state index in [9.17, 15) is 14.4 Å². The highest BCUT2D eigenvalue weighted by Gasteiger charge is 2.22. The van der Waals surface area contributed by atoms with Gasteiger partial charge in [0.15, 0.2) is 22.5 Å². The topological polar surface area (TPSA) is 107 Å². The number of nitrogens with one attached hydrogen (secondary N) is 2. The van der Waals surface area contributed by atoms with Gasteiger partial charge in [0.25, 0.3) is 5.91 Å². The van der Waals surface area contributed by atoms with Crippen molar-refractivity contribution >= 4 is 23.3 Å². The Morgan fingerprint density at radius 1 is 1.40 bits per heavy atom. The van der Waals surface area contributed by atoms with Crippen LogP contribution in [0.3, 0.4) is 0 Å². The third kappa shape index (κ3) is 3.32. The molecule has 0 saturated carbocycles. The maximum atomic E-state index is 12.3. The van der Waals surface area contributed by atoms with E-state index in [1.165, 1.54) is 0 Å². The molecular formula is C17H16N2O6. The zero-order chi connectivity index (χ0) is 18.0. The lowest BCUT2D eigenvalue weighted by Gasteiger charge is -2.13. The molecule has 1 atom stereocenters. The van der Waals surface area contributed by atoms with Gasteiger partial charge in [0.05, 0.1) is 5.39 Å². The fourth-order valence-electron chi connectivity index (χ4n) is 2.51. The Labute approximate surface area is 142 Å². The molecule has 3 rings (SSSR count). The molecule has 1 aliphatic rings. The minimum atomic E-state index is -0.612. The molecule has 8 nitrogen and oxygen atoms in total. The second kappa shape index (κ2) is 6.68. The normalized spacial score (nSPS) is 13.3. The second-order valence-corrected chi connectivity index (χ2v) is 5.60. The van der Waals surface area contributed by atoms with E-state index in [0.717, 1.165) is 6.07 Å². The number of carbonyl (C=O) groups excluding carboxylic acids is 2. The fourth-order valence-corrected chi connectivity index (χ4v) is 2.51. The molecule has 1 unspecified atom stereocenters. The van der Waals surface area contributed by atoms with Crippen molar-refractivity contribution in [2.24, 2.45) is 0 Å². The van der Waals surface area contributed by atoms with Gasteiger partial charge in [-0.1, -0.05) is 6.58 Å². The number of hydrogen-bond donors (Lipinski definition) is 2. The van der Waals surface area contributed by atoms with Crippen LogP contribution in [-0.2, 0) is 4.79 Å². The molecule has 2 amide bonds. The van der Waals surface area contributed by atoms with Gasteiger partial charge in [0, 0.05) is 24.2 Å². The molecule has 0 spiro atoms.